The minimum atomic E-state index is -1.91. The van der Waals surface area contributed by atoms with Gasteiger partial charge in [-0.15, -0.1) is 0 Å². The number of nitrogens with zero attached hydrogens (tertiary/aromatic N) is 2. The number of carbonyl (C=O) groups excluding carboxylic acids is 3. The highest BCUT2D eigenvalue weighted by molar-refractivity contribution is 5.82. The van der Waals surface area contributed by atoms with Crippen molar-refractivity contribution in [2.45, 2.75) is 147 Å². The second kappa shape index (κ2) is 19.3. The molecule has 0 aromatic heterocycles. The molecule has 0 saturated carbocycles. The third kappa shape index (κ3) is 11.3. The Hall–Kier alpha value is -2.93. The van der Waals surface area contributed by atoms with Crippen LogP contribution in [-0.4, -0.2) is 158 Å². The van der Waals surface area contributed by atoms with Crippen molar-refractivity contribution >= 4 is 18.0 Å². The molecule has 2 saturated heterocycles. The second-order valence-corrected chi connectivity index (χ2v) is 15.6. The van der Waals surface area contributed by atoms with Crippen molar-refractivity contribution in [2.75, 3.05) is 27.2 Å². The van der Waals surface area contributed by atoms with Crippen LogP contribution in [-0.2, 0) is 35.1 Å². The number of amides is 2. The number of β-amino-alcohol motifs (C(OH)–C–C–N with tert-alkyl or cyclic N) is 1. The normalized spacial score (nSPS) is 39.1. The molecule has 2 fully saturated rings. The van der Waals surface area contributed by atoms with Gasteiger partial charge in [0.05, 0.1) is 42.0 Å². The van der Waals surface area contributed by atoms with Crippen molar-refractivity contribution in [1.82, 2.24) is 15.1 Å². The molecule has 16 heteroatoms. The number of aliphatic hydroxyl groups is 6. The van der Waals surface area contributed by atoms with E-state index in [4.69, 9.17) is 18.9 Å². The Balaban J connectivity index is 1.84. The molecular formula is C38H63N3O13. The van der Waals surface area contributed by atoms with E-state index in [-0.39, 0.29) is 32.4 Å². The van der Waals surface area contributed by atoms with Crippen LogP contribution in [0.4, 0.5) is 4.79 Å². The molecule has 7 N–H and O–H groups in total. The molecular weight excluding hydrogens is 706 g/mol. The van der Waals surface area contributed by atoms with Crippen LogP contribution < -0.4 is 5.32 Å². The van der Waals surface area contributed by atoms with Gasteiger partial charge in [0.2, 0.25) is 5.91 Å². The lowest BCUT2D eigenvalue weighted by Crippen LogP contribution is -2.61. The standard InChI is InChI=1S/C38H63N3O13/c1-10-28-38(7,50)32(46)24(5)40(8)19-26(42)17-37(6,49)33(22(3)30(44)23(4)34(47)53-28)54-35-31(45)27(16-21(2)52-35)41(9)29(43)18-39-36(48)51-20-25-14-12-11-13-15-25/h11-15,21-24,26-28,30-33,35,42,44-46,49-50H,10,16-20H2,1-9H3,(H,39,48)/t21-,22+,23-,24-,26-,27+,28-,30+,31-,32-,33-,35+,37-,38-/m1/s1. The number of alkyl carbamates (subject to hydrolysis) is 1. The van der Waals surface area contributed by atoms with Gasteiger partial charge < -0.3 is 59.8 Å². The monoisotopic (exact) mass is 769 g/mol. The van der Waals surface area contributed by atoms with Crippen molar-refractivity contribution in [3.8, 4) is 0 Å². The van der Waals surface area contributed by atoms with Crippen LogP contribution in [0, 0.1) is 11.8 Å². The average molecular weight is 770 g/mol. The molecule has 0 radical (unpaired) electrons. The molecule has 1 aromatic rings. The molecule has 0 bridgehead atoms. The van der Waals surface area contributed by atoms with Crippen LogP contribution in [0.2, 0.25) is 0 Å². The molecule has 16 nitrogen and oxygen atoms in total. The van der Waals surface area contributed by atoms with Gasteiger partial charge in [-0.3, -0.25) is 14.5 Å². The Morgan fingerprint density at radius 2 is 1.67 bits per heavy atom. The smallest absolute Gasteiger partial charge is 0.407 e. The molecule has 3 rings (SSSR count). The summed E-state index contributed by atoms with van der Waals surface area (Å²) < 4.78 is 23.2. The predicted molar refractivity (Wildman–Crippen MR) is 195 cm³/mol. The van der Waals surface area contributed by atoms with Crippen LogP contribution >= 0.6 is 0 Å². The number of benzene rings is 1. The van der Waals surface area contributed by atoms with E-state index in [1.54, 1.807) is 44.9 Å². The van der Waals surface area contributed by atoms with E-state index >= 15 is 0 Å². The summed E-state index contributed by atoms with van der Waals surface area (Å²) in [5.41, 5.74) is -3.03. The molecule has 2 heterocycles. The number of cyclic esters (lactones) is 1. The molecule has 0 unspecified atom stereocenters. The first-order chi connectivity index (χ1) is 25.1. The van der Waals surface area contributed by atoms with E-state index in [0.717, 1.165) is 5.56 Å². The number of hydrogen-bond acceptors (Lipinski definition) is 14. The van der Waals surface area contributed by atoms with Gasteiger partial charge in [0.15, 0.2) is 6.29 Å². The molecule has 1 aromatic carbocycles. The Morgan fingerprint density at radius 1 is 1.04 bits per heavy atom. The van der Waals surface area contributed by atoms with Crippen molar-refractivity contribution < 1.29 is 64.0 Å². The van der Waals surface area contributed by atoms with Gasteiger partial charge in [-0.2, -0.15) is 0 Å². The number of aliphatic hydroxyl groups excluding tert-OH is 4. The summed E-state index contributed by atoms with van der Waals surface area (Å²) in [7, 11) is 3.10. The quantitative estimate of drug-likeness (QED) is 0.179. The van der Waals surface area contributed by atoms with Crippen LogP contribution in [0.3, 0.4) is 0 Å². The van der Waals surface area contributed by atoms with Crippen LogP contribution in [0.1, 0.15) is 73.3 Å². The molecule has 54 heavy (non-hydrogen) atoms. The topological polar surface area (TPSA) is 228 Å². The SMILES string of the molecule is CC[C@H]1OC(=O)[C@H](C)[C@@H](O)[C@H](C)[C@@H](O[C@@H]2O[C@H](C)C[C@H](N(C)C(=O)CNC(=O)OCc3ccccc3)[C@H]2O)[C@](C)(O)C[C@@H](O)CN(C)[C@H](C)[C@@H](O)[C@]1(C)O. The van der Waals surface area contributed by atoms with Gasteiger partial charge >= 0.3 is 12.1 Å². The number of ether oxygens (including phenoxy) is 4. The third-order valence-corrected chi connectivity index (χ3v) is 11.1. The lowest BCUT2D eigenvalue weighted by molar-refractivity contribution is -0.299. The summed E-state index contributed by atoms with van der Waals surface area (Å²) in [6, 6.07) is 7.44. The van der Waals surface area contributed by atoms with Crippen molar-refractivity contribution in [3.63, 3.8) is 0 Å². The van der Waals surface area contributed by atoms with Gasteiger partial charge in [-0.1, -0.05) is 44.2 Å². The summed E-state index contributed by atoms with van der Waals surface area (Å²) in [4.78, 5) is 41.8. The van der Waals surface area contributed by atoms with Gasteiger partial charge in [-0.25, -0.2) is 4.79 Å². The average Bonchev–Trinajstić information content (AvgIpc) is 3.12. The molecule has 14 atom stereocenters. The maximum atomic E-state index is 13.4. The van der Waals surface area contributed by atoms with Crippen LogP contribution in [0.15, 0.2) is 30.3 Å². The molecule has 2 amide bonds. The predicted octanol–water partition coefficient (Wildman–Crippen LogP) is 0.524. The number of carbonyl (C=O) groups is 3. The summed E-state index contributed by atoms with van der Waals surface area (Å²) in [5.74, 6) is -3.64. The maximum Gasteiger partial charge on any atom is 0.407 e. The van der Waals surface area contributed by atoms with Gasteiger partial charge in [-0.05, 0) is 60.1 Å². The second-order valence-electron chi connectivity index (χ2n) is 15.6. The zero-order valence-corrected chi connectivity index (χ0v) is 33.0. The molecule has 0 aliphatic carbocycles. The van der Waals surface area contributed by atoms with Crippen LogP contribution in [0.25, 0.3) is 0 Å². The number of hydrogen-bond donors (Lipinski definition) is 7. The van der Waals surface area contributed by atoms with Gasteiger partial charge in [0, 0.05) is 32.0 Å². The number of esters is 1. The zero-order chi connectivity index (χ0) is 40.7. The van der Waals surface area contributed by atoms with Gasteiger partial charge in [0.1, 0.15) is 37.1 Å². The number of likely N-dealkylation sites (N-methyl/N-ethyl adjacent to an activating group) is 2. The molecule has 2 aliphatic heterocycles. The van der Waals surface area contributed by atoms with Crippen molar-refractivity contribution in [3.05, 3.63) is 35.9 Å². The molecule has 2 aliphatic rings. The fourth-order valence-corrected chi connectivity index (χ4v) is 7.45. The van der Waals surface area contributed by atoms with Crippen LogP contribution in [0.5, 0.6) is 0 Å². The highest BCUT2D eigenvalue weighted by Crippen LogP contribution is 2.36. The van der Waals surface area contributed by atoms with E-state index in [0.29, 0.717) is 0 Å². The first kappa shape index (κ1) is 45.5. The minimum Gasteiger partial charge on any atom is -0.459 e. The summed E-state index contributed by atoms with van der Waals surface area (Å²) in [6.07, 6.45) is -10.9. The largest absolute Gasteiger partial charge is 0.459 e. The van der Waals surface area contributed by atoms with Gasteiger partial charge in [0.25, 0.3) is 0 Å². The van der Waals surface area contributed by atoms with E-state index in [9.17, 15) is 45.0 Å². The molecule has 0 spiro atoms. The van der Waals surface area contributed by atoms with E-state index in [1.807, 2.05) is 18.2 Å². The van der Waals surface area contributed by atoms with Crippen molar-refractivity contribution in [2.24, 2.45) is 11.8 Å². The first-order valence-corrected chi connectivity index (χ1v) is 18.7. The zero-order valence-electron chi connectivity index (χ0n) is 33.0. The maximum absolute atomic E-state index is 13.4. The third-order valence-electron chi connectivity index (χ3n) is 11.1. The molecule has 308 valence electrons. The summed E-state index contributed by atoms with van der Waals surface area (Å²) in [6.45, 7) is 10.3. The minimum absolute atomic E-state index is 0.0152. The fraction of sp³-hybridized carbons (Fsp3) is 0.763. The summed E-state index contributed by atoms with van der Waals surface area (Å²) >= 11 is 0. The summed E-state index contributed by atoms with van der Waals surface area (Å²) in [5, 5.41) is 71.4. The van der Waals surface area contributed by atoms with Crippen molar-refractivity contribution in [1.29, 1.82) is 0 Å². The lowest BCUT2D eigenvalue weighted by atomic mass is 9.79. The van der Waals surface area contributed by atoms with E-state index < -0.39 is 109 Å². The fourth-order valence-electron chi connectivity index (χ4n) is 7.45. The Kier molecular flexibility index (Phi) is 16.2. The Labute approximate surface area is 318 Å². The van der Waals surface area contributed by atoms with E-state index in [2.05, 4.69) is 5.32 Å². The Morgan fingerprint density at radius 3 is 2.28 bits per heavy atom. The number of nitrogens with one attached hydrogen (secondary N) is 1. The lowest BCUT2D eigenvalue weighted by Gasteiger charge is -2.47. The highest BCUT2D eigenvalue weighted by atomic mass is 16.7. The Bertz CT molecular complexity index is 1370. The first-order valence-electron chi connectivity index (χ1n) is 18.7. The number of rotatable bonds is 8. The van der Waals surface area contributed by atoms with E-state index in [1.165, 1.54) is 39.6 Å². The highest BCUT2D eigenvalue weighted by Gasteiger charge is 2.50.